The third-order valence-electron chi connectivity index (χ3n) is 3.76. The SMILES string of the molecule is CN(CC1(N(C)C)CCC1)C(=O)c1cocn1. The lowest BCUT2D eigenvalue weighted by atomic mass is 9.75. The highest BCUT2D eigenvalue weighted by Crippen LogP contribution is 2.36. The first-order chi connectivity index (χ1) is 8.05. The highest BCUT2D eigenvalue weighted by Gasteiger charge is 2.40. The van der Waals surface area contributed by atoms with Crippen molar-refractivity contribution in [2.24, 2.45) is 0 Å². The molecule has 1 heterocycles. The molecular formula is C12H19N3O2. The number of likely N-dealkylation sites (N-methyl/N-ethyl adjacent to an activating group) is 2. The van der Waals surface area contributed by atoms with E-state index in [9.17, 15) is 4.79 Å². The van der Waals surface area contributed by atoms with Crippen LogP contribution in [0.3, 0.4) is 0 Å². The molecule has 1 fully saturated rings. The molecule has 1 aliphatic rings. The van der Waals surface area contributed by atoms with Crippen LogP contribution in [0.4, 0.5) is 0 Å². The van der Waals surface area contributed by atoms with E-state index in [4.69, 9.17) is 4.42 Å². The molecule has 0 aliphatic heterocycles. The van der Waals surface area contributed by atoms with Gasteiger partial charge in [-0.2, -0.15) is 0 Å². The average Bonchev–Trinajstić information content (AvgIpc) is 2.74. The Morgan fingerprint density at radius 1 is 1.47 bits per heavy atom. The number of hydrogen-bond acceptors (Lipinski definition) is 4. The molecule has 1 aromatic heterocycles. The summed E-state index contributed by atoms with van der Waals surface area (Å²) in [6.45, 7) is 0.742. The van der Waals surface area contributed by atoms with Crippen molar-refractivity contribution in [1.82, 2.24) is 14.8 Å². The summed E-state index contributed by atoms with van der Waals surface area (Å²) >= 11 is 0. The Morgan fingerprint density at radius 2 is 2.18 bits per heavy atom. The fourth-order valence-corrected chi connectivity index (χ4v) is 2.36. The molecule has 5 heteroatoms. The van der Waals surface area contributed by atoms with Crippen LogP contribution in [-0.4, -0.2) is 53.9 Å². The van der Waals surface area contributed by atoms with Gasteiger partial charge in [-0.3, -0.25) is 4.79 Å². The second-order valence-corrected chi connectivity index (χ2v) is 5.01. The van der Waals surface area contributed by atoms with Gasteiger partial charge >= 0.3 is 0 Å². The van der Waals surface area contributed by atoms with Gasteiger partial charge < -0.3 is 14.2 Å². The van der Waals surface area contributed by atoms with Gasteiger partial charge in [-0.25, -0.2) is 4.98 Å². The van der Waals surface area contributed by atoms with E-state index in [1.165, 1.54) is 19.1 Å². The van der Waals surface area contributed by atoms with Crippen LogP contribution in [0, 0.1) is 0 Å². The zero-order valence-corrected chi connectivity index (χ0v) is 10.6. The van der Waals surface area contributed by atoms with E-state index in [-0.39, 0.29) is 11.4 Å². The molecule has 0 N–H and O–H groups in total. The first kappa shape index (κ1) is 12.1. The number of rotatable bonds is 4. The molecule has 2 rings (SSSR count). The normalized spacial score (nSPS) is 17.9. The van der Waals surface area contributed by atoms with Crippen molar-refractivity contribution in [1.29, 1.82) is 0 Å². The lowest BCUT2D eigenvalue weighted by Crippen LogP contribution is -2.57. The quantitative estimate of drug-likeness (QED) is 0.790. The molecule has 1 amide bonds. The molecule has 94 valence electrons. The van der Waals surface area contributed by atoms with Crippen molar-refractivity contribution in [2.75, 3.05) is 27.7 Å². The summed E-state index contributed by atoms with van der Waals surface area (Å²) in [5.74, 6) is -0.0770. The number of nitrogens with zero attached hydrogens (tertiary/aromatic N) is 3. The van der Waals surface area contributed by atoms with Gasteiger partial charge in [0.05, 0.1) is 0 Å². The van der Waals surface area contributed by atoms with E-state index in [2.05, 4.69) is 24.0 Å². The van der Waals surface area contributed by atoms with E-state index in [1.54, 1.807) is 4.90 Å². The summed E-state index contributed by atoms with van der Waals surface area (Å²) in [5.41, 5.74) is 0.523. The third-order valence-corrected chi connectivity index (χ3v) is 3.76. The van der Waals surface area contributed by atoms with Crippen molar-refractivity contribution in [2.45, 2.75) is 24.8 Å². The predicted octanol–water partition coefficient (Wildman–Crippen LogP) is 1.23. The fraction of sp³-hybridized carbons (Fsp3) is 0.667. The molecule has 0 unspecified atom stereocenters. The van der Waals surface area contributed by atoms with Crippen molar-refractivity contribution >= 4 is 5.91 Å². The van der Waals surface area contributed by atoms with Crippen LogP contribution in [0.5, 0.6) is 0 Å². The summed E-state index contributed by atoms with van der Waals surface area (Å²) in [7, 11) is 5.97. The monoisotopic (exact) mass is 237 g/mol. The van der Waals surface area contributed by atoms with E-state index in [1.807, 2.05) is 7.05 Å². The average molecular weight is 237 g/mol. The molecule has 1 saturated carbocycles. The van der Waals surface area contributed by atoms with Crippen LogP contribution in [0.25, 0.3) is 0 Å². The topological polar surface area (TPSA) is 49.6 Å². The second kappa shape index (κ2) is 4.49. The standard InChI is InChI=1S/C12H19N3O2/c1-14(2)12(5-4-6-12)8-15(3)11(16)10-7-17-9-13-10/h7,9H,4-6,8H2,1-3H3. The first-order valence-electron chi connectivity index (χ1n) is 5.86. The number of amides is 1. The van der Waals surface area contributed by atoms with E-state index in [0.29, 0.717) is 5.69 Å². The van der Waals surface area contributed by atoms with Crippen LogP contribution in [0.2, 0.25) is 0 Å². The van der Waals surface area contributed by atoms with E-state index >= 15 is 0 Å². The van der Waals surface area contributed by atoms with Crippen LogP contribution in [-0.2, 0) is 0 Å². The number of carbonyl (C=O) groups is 1. The minimum atomic E-state index is -0.0770. The van der Waals surface area contributed by atoms with Crippen molar-refractivity contribution in [3.63, 3.8) is 0 Å². The zero-order chi connectivity index (χ0) is 12.5. The Kier molecular flexibility index (Phi) is 3.19. The molecule has 0 bridgehead atoms. The van der Waals surface area contributed by atoms with Gasteiger partial charge in [-0.15, -0.1) is 0 Å². The van der Waals surface area contributed by atoms with Crippen LogP contribution in [0.15, 0.2) is 17.1 Å². The van der Waals surface area contributed by atoms with E-state index in [0.717, 1.165) is 19.4 Å². The summed E-state index contributed by atoms with van der Waals surface area (Å²) in [6, 6.07) is 0. The molecule has 5 nitrogen and oxygen atoms in total. The van der Waals surface area contributed by atoms with Crippen LogP contribution >= 0.6 is 0 Å². The maximum Gasteiger partial charge on any atom is 0.275 e. The van der Waals surface area contributed by atoms with Crippen LogP contribution in [0.1, 0.15) is 29.8 Å². The second-order valence-electron chi connectivity index (χ2n) is 5.01. The highest BCUT2D eigenvalue weighted by atomic mass is 16.3. The van der Waals surface area contributed by atoms with Gasteiger partial charge in [-0.05, 0) is 33.4 Å². The van der Waals surface area contributed by atoms with Gasteiger partial charge in [0.2, 0.25) is 0 Å². The number of hydrogen-bond donors (Lipinski definition) is 0. The van der Waals surface area contributed by atoms with Crippen molar-refractivity contribution in [3.8, 4) is 0 Å². The van der Waals surface area contributed by atoms with Crippen molar-refractivity contribution in [3.05, 3.63) is 18.4 Å². The number of aromatic nitrogens is 1. The maximum atomic E-state index is 12.0. The largest absolute Gasteiger partial charge is 0.451 e. The Labute approximate surface area is 101 Å². The summed E-state index contributed by atoms with van der Waals surface area (Å²) in [5, 5.41) is 0. The lowest BCUT2D eigenvalue weighted by molar-refractivity contribution is 0.0250. The summed E-state index contributed by atoms with van der Waals surface area (Å²) in [6.07, 6.45) is 6.21. The molecule has 0 aromatic carbocycles. The molecule has 0 radical (unpaired) electrons. The first-order valence-corrected chi connectivity index (χ1v) is 5.86. The van der Waals surface area contributed by atoms with Gasteiger partial charge in [-0.1, -0.05) is 0 Å². The Morgan fingerprint density at radius 3 is 2.59 bits per heavy atom. The fourth-order valence-electron chi connectivity index (χ4n) is 2.36. The minimum absolute atomic E-state index is 0.0770. The number of carbonyl (C=O) groups excluding carboxylic acids is 1. The molecule has 17 heavy (non-hydrogen) atoms. The highest BCUT2D eigenvalue weighted by molar-refractivity contribution is 5.91. The van der Waals surface area contributed by atoms with Gasteiger partial charge in [0.1, 0.15) is 6.26 Å². The van der Waals surface area contributed by atoms with Crippen LogP contribution < -0.4 is 0 Å². The van der Waals surface area contributed by atoms with Crippen molar-refractivity contribution < 1.29 is 9.21 Å². The van der Waals surface area contributed by atoms with E-state index < -0.39 is 0 Å². The zero-order valence-electron chi connectivity index (χ0n) is 10.6. The van der Waals surface area contributed by atoms with Gasteiger partial charge in [0.15, 0.2) is 12.1 Å². The maximum absolute atomic E-state index is 12.0. The number of oxazole rings is 1. The summed E-state index contributed by atoms with van der Waals surface area (Å²) in [4.78, 5) is 19.9. The van der Waals surface area contributed by atoms with Gasteiger partial charge in [0.25, 0.3) is 5.91 Å². The molecule has 0 atom stereocenters. The molecule has 1 aliphatic carbocycles. The Bertz CT molecular complexity index is 382. The molecular weight excluding hydrogens is 218 g/mol. The Balaban J connectivity index is 2.01. The third kappa shape index (κ3) is 2.20. The molecule has 1 aromatic rings. The lowest BCUT2D eigenvalue weighted by Gasteiger charge is -2.49. The smallest absolute Gasteiger partial charge is 0.275 e. The Hall–Kier alpha value is -1.36. The molecule has 0 saturated heterocycles. The summed E-state index contributed by atoms with van der Waals surface area (Å²) < 4.78 is 4.83. The minimum Gasteiger partial charge on any atom is -0.451 e. The molecule has 0 spiro atoms. The van der Waals surface area contributed by atoms with Gasteiger partial charge in [0, 0.05) is 19.1 Å². The predicted molar refractivity (Wildman–Crippen MR) is 63.7 cm³/mol.